The van der Waals surface area contributed by atoms with Crippen LogP contribution in [0.4, 0.5) is 0 Å². The van der Waals surface area contributed by atoms with E-state index in [0.717, 1.165) is 48.9 Å². The number of aromatic nitrogens is 6. The van der Waals surface area contributed by atoms with Gasteiger partial charge in [-0.15, -0.1) is 5.10 Å². The third kappa shape index (κ3) is 3.95. The van der Waals surface area contributed by atoms with E-state index < -0.39 is 0 Å². The summed E-state index contributed by atoms with van der Waals surface area (Å²) < 4.78 is 4.05. The molecule has 0 radical (unpaired) electrons. The Kier molecular flexibility index (Phi) is 6.06. The molecular weight excluding hydrogens is 426 g/mol. The van der Waals surface area contributed by atoms with Gasteiger partial charge in [0.15, 0.2) is 5.82 Å². The third-order valence-corrected chi connectivity index (χ3v) is 7.71. The number of H-pyrrole nitrogens is 1. The summed E-state index contributed by atoms with van der Waals surface area (Å²) in [7, 11) is 0. The van der Waals surface area contributed by atoms with Gasteiger partial charge in [-0.25, -0.2) is 9.89 Å². The number of aryl methyl sites for hydroxylation is 1. The SMILES string of the molecule is CCCCc1cn(C2C(C)C2CC)c(=O)n1CC1(c2cccc(-c3nnn[nH]3)c2)C=CN=CC1. The minimum absolute atomic E-state index is 0.116. The number of benzene rings is 1. The molecule has 0 spiro atoms. The van der Waals surface area contributed by atoms with Gasteiger partial charge in [0.25, 0.3) is 0 Å². The Morgan fingerprint density at radius 2 is 2.15 bits per heavy atom. The summed E-state index contributed by atoms with van der Waals surface area (Å²) >= 11 is 0. The fourth-order valence-corrected chi connectivity index (χ4v) is 5.58. The Bertz CT molecular complexity index is 1250. The lowest BCUT2D eigenvalue weighted by Gasteiger charge is -2.32. The van der Waals surface area contributed by atoms with E-state index in [-0.39, 0.29) is 11.1 Å². The number of hydrogen-bond donors (Lipinski definition) is 1. The molecule has 3 heterocycles. The highest BCUT2D eigenvalue weighted by atomic mass is 16.1. The van der Waals surface area contributed by atoms with Crippen LogP contribution in [0.15, 0.2) is 52.5 Å². The molecule has 2 aliphatic rings. The van der Waals surface area contributed by atoms with Gasteiger partial charge in [-0.2, -0.15) is 0 Å². The van der Waals surface area contributed by atoms with Crippen molar-refractivity contribution in [3.63, 3.8) is 0 Å². The zero-order valence-electron chi connectivity index (χ0n) is 20.2. The lowest BCUT2D eigenvalue weighted by atomic mass is 9.76. The van der Waals surface area contributed by atoms with Gasteiger partial charge in [0, 0.05) is 47.9 Å². The van der Waals surface area contributed by atoms with Crippen molar-refractivity contribution in [2.24, 2.45) is 16.8 Å². The van der Waals surface area contributed by atoms with Crippen molar-refractivity contribution >= 4 is 6.21 Å². The molecular formula is C26H33N7O. The summed E-state index contributed by atoms with van der Waals surface area (Å²) in [6.07, 6.45) is 13.0. The second-order valence-corrected chi connectivity index (χ2v) is 9.76. The molecule has 8 nitrogen and oxygen atoms in total. The molecule has 1 aliphatic heterocycles. The summed E-state index contributed by atoms with van der Waals surface area (Å²) in [4.78, 5) is 18.1. The summed E-state index contributed by atoms with van der Waals surface area (Å²) in [6, 6.07) is 8.59. The molecule has 0 amide bonds. The molecule has 1 N–H and O–H groups in total. The van der Waals surface area contributed by atoms with Crippen molar-refractivity contribution in [3.8, 4) is 11.4 Å². The average molecular weight is 460 g/mol. The van der Waals surface area contributed by atoms with Crippen LogP contribution in [-0.2, 0) is 18.4 Å². The number of aliphatic imine (C=N–C) groups is 1. The van der Waals surface area contributed by atoms with Gasteiger partial charge < -0.3 is 0 Å². The summed E-state index contributed by atoms with van der Waals surface area (Å²) in [5, 5.41) is 14.4. The maximum Gasteiger partial charge on any atom is 0.328 e. The van der Waals surface area contributed by atoms with Crippen molar-refractivity contribution < 1.29 is 0 Å². The number of hydrogen-bond acceptors (Lipinski definition) is 5. The van der Waals surface area contributed by atoms with Gasteiger partial charge in [-0.3, -0.25) is 14.1 Å². The first-order valence-electron chi connectivity index (χ1n) is 12.4. The molecule has 1 aromatic carbocycles. The second-order valence-electron chi connectivity index (χ2n) is 9.76. The standard InChI is InChI=1S/C26H33N7O/c1-4-6-10-21-16-32(23-18(3)22(23)5-2)25(34)33(21)17-26(11-13-27-14-12-26)20-9-7-8-19(15-20)24-28-30-31-29-24/h7-9,11,13-16,18,22-23H,4-6,10,12,17H2,1-3H3,(H,28,29,30,31). The first-order chi connectivity index (χ1) is 16.6. The van der Waals surface area contributed by atoms with Gasteiger partial charge in [0.2, 0.25) is 0 Å². The monoisotopic (exact) mass is 459 g/mol. The predicted molar refractivity (Wildman–Crippen MR) is 133 cm³/mol. The first-order valence-corrected chi connectivity index (χ1v) is 12.4. The summed E-state index contributed by atoms with van der Waals surface area (Å²) in [6.45, 7) is 7.26. The highest BCUT2D eigenvalue weighted by Crippen LogP contribution is 2.51. The number of nitrogens with zero attached hydrogens (tertiary/aromatic N) is 6. The van der Waals surface area contributed by atoms with E-state index in [0.29, 0.717) is 30.2 Å². The molecule has 4 atom stereocenters. The van der Waals surface area contributed by atoms with E-state index >= 15 is 0 Å². The minimum atomic E-state index is -0.374. The van der Waals surface area contributed by atoms with Crippen molar-refractivity contribution in [1.82, 2.24) is 29.8 Å². The highest BCUT2D eigenvalue weighted by molar-refractivity contribution is 5.65. The van der Waals surface area contributed by atoms with Crippen LogP contribution in [0.25, 0.3) is 11.4 Å². The Hall–Kier alpha value is -3.29. The van der Waals surface area contributed by atoms with E-state index in [1.807, 2.05) is 33.7 Å². The van der Waals surface area contributed by atoms with Crippen molar-refractivity contribution in [1.29, 1.82) is 0 Å². The molecule has 178 valence electrons. The summed E-state index contributed by atoms with van der Waals surface area (Å²) in [5.74, 6) is 1.78. The maximum atomic E-state index is 13.8. The van der Waals surface area contributed by atoms with Gasteiger partial charge in [-0.1, -0.05) is 57.9 Å². The van der Waals surface area contributed by atoms with Crippen LogP contribution in [0.1, 0.15) is 63.8 Å². The second kappa shape index (κ2) is 9.16. The molecule has 5 rings (SSSR count). The van der Waals surface area contributed by atoms with E-state index in [1.54, 1.807) is 0 Å². The van der Waals surface area contributed by atoms with E-state index in [2.05, 4.69) is 70.8 Å². The number of rotatable bonds is 9. The molecule has 1 aliphatic carbocycles. The zero-order chi connectivity index (χ0) is 23.7. The quantitative estimate of drug-likeness (QED) is 0.516. The van der Waals surface area contributed by atoms with Gasteiger partial charge >= 0.3 is 5.69 Å². The number of aromatic amines is 1. The maximum absolute atomic E-state index is 13.8. The van der Waals surface area contributed by atoms with E-state index in [9.17, 15) is 4.79 Å². The highest BCUT2D eigenvalue weighted by Gasteiger charge is 2.48. The predicted octanol–water partition coefficient (Wildman–Crippen LogP) is 4.32. The number of imidazole rings is 1. The van der Waals surface area contributed by atoms with Crippen molar-refractivity contribution in [2.75, 3.05) is 0 Å². The lowest BCUT2D eigenvalue weighted by molar-refractivity contribution is 0.433. The van der Waals surface area contributed by atoms with E-state index in [4.69, 9.17) is 0 Å². The Labute approximate surface area is 199 Å². The van der Waals surface area contributed by atoms with Crippen LogP contribution < -0.4 is 5.69 Å². The number of unbranched alkanes of at least 4 members (excludes halogenated alkanes) is 1. The molecule has 4 unspecified atom stereocenters. The first kappa shape index (κ1) is 22.5. The largest absolute Gasteiger partial charge is 0.328 e. The number of nitrogens with one attached hydrogen (secondary N) is 1. The Morgan fingerprint density at radius 3 is 2.82 bits per heavy atom. The fraction of sp³-hybridized carbons (Fsp3) is 0.500. The zero-order valence-corrected chi connectivity index (χ0v) is 20.2. The Morgan fingerprint density at radius 1 is 1.26 bits per heavy atom. The molecule has 34 heavy (non-hydrogen) atoms. The van der Waals surface area contributed by atoms with Gasteiger partial charge in [0.05, 0.1) is 0 Å². The van der Waals surface area contributed by atoms with Crippen LogP contribution in [-0.4, -0.2) is 36.0 Å². The molecule has 1 saturated carbocycles. The molecule has 8 heteroatoms. The van der Waals surface area contributed by atoms with Gasteiger partial charge in [-0.05, 0) is 53.2 Å². The third-order valence-electron chi connectivity index (χ3n) is 7.71. The van der Waals surface area contributed by atoms with Crippen LogP contribution in [0.5, 0.6) is 0 Å². The normalized spacial score (nSPS) is 25.7. The lowest BCUT2D eigenvalue weighted by Crippen LogP contribution is -2.37. The summed E-state index contributed by atoms with van der Waals surface area (Å²) in [5.41, 5.74) is 2.92. The van der Waals surface area contributed by atoms with Crippen LogP contribution in [0.2, 0.25) is 0 Å². The molecule has 0 bridgehead atoms. The van der Waals surface area contributed by atoms with Crippen LogP contribution in [0, 0.1) is 11.8 Å². The van der Waals surface area contributed by atoms with Gasteiger partial charge in [0.1, 0.15) is 0 Å². The molecule has 3 aromatic rings. The van der Waals surface area contributed by atoms with E-state index in [1.165, 1.54) is 0 Å². The average Bonchev–Trinajstić information content (AvgIpc) is 3.19. The molecule has 2 aromatic heterocycles. The topological polar surface area (TPSA) is 93.7 Å². The number of tetrazole rings is 1. The number of allylic oxidation sites excluding steroid dienone is 1. The molecule has 0 saturated heterocycles. The molecule has 1 fully saturated rings. The fourth-order valence-electron chi connectivity index (χ4n) is 5.58. The van der Waals surface area contributed by atoms with Crippen molar-refractivity contribution in [2.45, 2.75) is 70.9 Å². The Balaban J connectivity index is 1.56. The van der Waals surface area contributed by atoms with Crippen molar-refractivity contribution in [3.05, 3.63) is 64.5 Å². The van der Waals surface area contributed by atoms with Crippen LogP contribution in [0.3, 0.4) is 0 Å². The van der Waals surface area contributed by atoms with Crippen LogP contribution >= 0.6 is 0 Å². The minimum Gasteiger partial charge on any atom is -0.295 e. The smallest absolute Gasteiger partial charge is 0.295 e.